The van der Waals surface area contributed by atoms with Crippen LogP contribution in [0.25, 0.3) is 10.9 Å². The van der Waals surface area contributed by atoms with Gasteiger partial charge in [0.25, 0.3) is 0 Å². The van der Waals surface area contributed by atoms with Gasteiger partial charge in [-0.1, -0.05) is 77.8 Å². The standard InChI is InChI=1S/C28H26Cl2N8/c1-37(2)28-34-26(31-15-19-8-4-3-5-9-19)33-27(35-28)36-32-16-21-18-38(25-11-7-6-10-23(21)25)17-20-12-13-22(29)14-24(20)30/h3-14,16,18H,15,17H2,1-2H3,(H2,31,33,34,35,36)/b32-16+. The highest BCUT2D eigenvalue weighted by molar-refractivity contribution is 6.35. The summed E-state index contributed by atoms with van der Waals surface area (Å²) in [5.41, 5.74) is 7.09. The molecule has 2 heterocycles. The highest BCUT2D eigenvalue weighted by atomic mass is 35.5. The van der Waals surface area contributed by atoms with E-state index in [0.717, 1.165) is 27.6 Å². The zero-order chi connectivity index (χ0) is 26.5. The van der Waals surface area contributed by atoms with Crippen LogP contribution in [-0.4, -0.2) is 39.8 Å². The summed E-state index contributed by atoms with van der Waals surface area (Å²) in [5, 5.41) is 10.0. The van der Waals surface area contributed by atoms with Crippen LogP contribution in [0.3, 0.4) is 0 Å². The molecule has 0 unspecified atom stereocenters. The molecule has 0 saturated carbocycles. The molecule has 0 spiro atoms. The van der Waals surface area contributed by atoms with Gasteiger partial charge in [-0.05, 0) is 29.3 Å². The van der Waals surface area contributed by atoms with Crippen LogP contribution in [0.5, 0.6) is 0 Å². The number of anilines is 3. The van der Waals surface area contributed by atoms with Crippen molar-refractivity contribution in [2.75, 3.05) is 29.7 Å². The van der Waals surface area contributed by atoms with Crippen molar-refractivity contribution in [2.45, 2.75) is 13.1 Å². The smallest absolute Gasteiger partial charge is 0.250 e. The summed E-state index contributed by atoms with van der Waals surface area (Å²) in [4.78, 5) is 15.3. The molecule has 2 N–H and O–H groups in total. The lowest BCUT2D eigenvalue weighted by atomic mass is 10.2. The van der Waals surface area contributed by atoms with Gasteiger partial charge < -0.3 is 14.8 Å². The number of hydrogen-bond acceptors (Lipinski definition) is 7. The van der Waals surface area contributed by atoms with E-state index in [4.69, 9.17) is 23.2 Å². The molecule has 38 heavy (non-hydrogen) atoms. The van der Waals surface area contributed by atoms with Gasteiger partial charge in [0.05, 0.1) is 6.21 Å². The largest absolute Gasteiger partial charge is 0.350 e. The van der Waals surface area contributed by atoms with E-state index in [1.165, 1.54) is 0 Å². The van der Waals surface area contributed by atoms with Gasteiger partial charge in [-0.15, -0.1) is 0 Å². The van der Waals surface area contributed by atoms with E-state index in [1.54, 1.807) is 12.3 Å². The minimum Gasteiger partial charge on any atom is -0.350 e. The van der Waals surface area contributed by atoms with Crippen molar-refractivity contribution in [3.63, 3.8) is 0 Å². The third kappa shape index (κ3) is 6.04. The number of fused-ring (bicyclic) bond motifs is 1. The normalized spacial score (nSPS) is 11.3. The number of rotatable bonds is 9. The summed E-state index contributed by atoms with van der Waals surface area (Å²) < 4.78 is 2.14. The maximum Gasteiger partial charge on any atom is 0.250 e. The molecule has 5 rings (SSSR count). The summed E-state index contributed by atoms with van der Waals surface area (Å²) in [6.45, 7) is 1.20. The van der Waals surface area contributed by atoms with Gasteiger partial charge in [0.15, 0.2) is 0 Å². The molecule has 192 valence electrons. The summed E-state index contributed by atoms with van der Waals surface area (Å²) in [5.74, 6) is 1.32. The topological polar surface area (TPSA) is 83.3 Å². The monoisotopic (exact) mass is 544 g/mol. The Morgan fingerprint density at radius 3 is 2.47 bits per heavy atom. The van der Waals surface area contributed by atoms with Gasteiger partial charge in [-0.3, -0.25) is 0 Å². The van der Waals surface area contributed by atoms with Crippen molar-refractivity contribution >= 4 is 58.2 Å². The number of nitrogens with zero attached hydrogens (tertiary/aromatic N) is 6. The maximum atomic E-state index is 6.43. The summed E-state index contributed by atoms with van der Waals surface area (Å²) in [7, 11) is 3.76. The van der Waals surface area contributed by atoms with Crippen molar-refractivity contribution in [3.05, 3.63) is 106 Å². The Morgan fingerprint density at radius 2 is 1.68 bits per heavy atom. The van der Waals surface area contributed by atoms with Gasteiger partial charge in [0.2, 0.25) is 17.8 Å². The fourth-order valence-electron chi connectivity index (χ4n) is 3.97. The second-order valence-corrected chi connectivity index (χ2v) is 9.70. The summed E-state index contributed by atoms with van der Waals surface area (Å²) in [6, 6.07) is 23.8. The van der Waals surface area contributed by atoms with Crippen LogP contribution in [0.2, 0.25) is 10.0 Å². The van der Waals surface area contributed by atoms with Crippen LogP contribution < -0.4 is 15.6 Å². The van der Waals surface area contributed by atoms with Crippen LogP contribution in [-0.2, 0) is 13.1 Å². The van der Waals surface area contributed by atoms with Gasteiger partial charge in [0, 0.05) is 59.9 Å². The Hall–Kier alpha value is -4.14. The Balaban J connectivity index is 1.36. The number of hydrogen-bond donors (Lipinski definition) is 2. The van der Waals surface area contributed by atoms with E-state index in [9.17, 15) is 0 Å². The van der Waals surface area contributed by atoms with Gasteiger partial charge in [-0.25, -0.2) is 5.43 Å². The SMILES string of the molecule is CN(C)c1nc(NCc2ccccc2)nc(N/N=C/c2cn(Cc3ccc(Cl)cc3Cl)c3ccccc23)n1. The molecule has 0 aliphatic rings. The van der Waals surface area contributed by atoms with Crippen molar-refractivity contribution in [3.8, 4) is 0 Å². The van der Waals surface area contributed by atoms with E-state index in [1.807, 2.05) is 79.8 Å². The molecular formula is C28H26Cl2N8. The first-order valence-electron chi connectivity index (χ1n) is 12.0. The molecule has 5 aromatic rings. The third-order valence-electron chi connectivity index (χ3n) is 5.86. The number of hydrazone groups is 1. The van der Waals surface area contributed by atoms with E-state index in [-0.39, 0.29) is 0 Å². The fraction of sp³-hybridized carbons (Fsp3) is 0.143. The second kappa shape index (κ2) is 11.5. The Bertz CT molecular complexity index is 1580. The molecule has 0 bridgehead atoms. The Morgan fingerprint density at radius 1 is 0.921 bits per heavy atom. The van der Waals surface area contributed by atoms with E-state index in [2.05, 4.69) is 47.5 Å². The molecule has 0 fully saturated rings. The molecule has 2 aromatic heterocycles. The quantitative estimate of drug-likeness (QED) is 0.167. The minimum absolute atomic E-state index is 0.340. The molecule has 0 radical (unpaired) electrons. The molecule has 0 amide bonds. The lowest BCUT2D eigenvalue weighted by molar-refractivity contribution is 0.836. The average Bonchev–Trinajstić information content (AvgIpc) is 3.27. The number of para-hydroxylation sites is 1. The fourth-order valence-corrected chi connectivity index (χ4v) is 4.44. The Kier molecular flexibility index (Phi) is 7.72. The highest BCUT2D eigenvalue weighted by Gasteiger charge is 2.11. The molecular weight excluding hydrogens is 519 g/mol. The van der Waals surface area contributed by atoms with Gasteiger partial charge in [-0.2, -0.15) is 20.1 Å². The van der Waals surface area contributed by atoms with Crippen LogP contribution in [0.4, 0.5) is 17.8 Å². The molecule has 8 nitrogen and oxygen atoms in total. The van der Waals surface area contributed by atoms with E-state index >= 15 is 0 Å². The number of benzene rings is 3. The molecule has 10 heteroatoms. The summed E-state index contributed by atoms with van der Waals surface area (Å²) >= 11 is 12.5. The van der Waals surface area contributed by atoms with Gasteiger partial charge >= 0.3 is 0 Å². The van der Waals surface area contributed by atoms with Crippen LogP contribution >= 0.6 is 23.2 Å². The maximum absolute atomic E-state index is 6.43. The van der Waals surface area contributed by atoms with Crippen LogP contribution in [0, 0.1) is 0 Å². The molecule has 0 aliphatic carbocycles. The molecule has 0 saturated heterocycles. The lowest BCUT2D eigenvalue weighted by Crippen LogP contribution is -2.16. The zero-order valence-corrected chi connectivity index (χ0v) is 22.4. The number of aromatic nitrogens is 4. The first-order valence-corrected chi connectivity index (χ1v) is 12.7. The zero-order valence-electron chi connectivity index (χ0n) is 20.9. The highest BCUT2D eigenvalue weighted by Crippen LogP contribution is 2.26. The van der Waals surface area contributed by atoms with Crippen molar-refractivity contribution in [1.82, 2.24) is 19.5 Å². The molecule has 0 aliphatic heterocycles. The predicted molar refractivity (Wildman–Crippen MR) is 157 cm³/mol. The predicted octanol–water partition coefficient (Wildman–Crippen LogP) is 6.31. The minimum atomic E-state index is 0.340. The first-order chi connectivity index (χ1) is 18.5. The summed E-state index contributed by atoms with van der Waals surface area (Å²) in [6.07, 6.45) is 3.81. The van der Waals surface area contributed by atoms with Crippen LogP contribution in [0.1, 0.15) is 16.7 Å². The van der Waals surface area contributed by atoms with Crippen molar-refractivity contribution < 1.29 is 0 Å². The van der Waals surface area contributed by atoms with E-state index < -0.39 is 0 Å². The first kappa shape index (κ1) is 25.5. The molecule has 3 aromatic carbocycles. The second-order valence-electron chi connectivity index (χ2n) is 8.85. The number of nitrogens with one attached hydrogen (secondary N) is 2. The van der Waals surface area contributed by atoms with Gasteiger partial charge in [0.1, 0.15) is 0 Å². The molecule has 0 atom stereocenters. The average molecular weight is 545 g/mol. The number of halogens is 2. The third-order valence-corrected chi connectivity index (χ3v) is 6.45. The van der Waals surface area contributed by atoms with Crippen molar-refractivity contribution in [1.29, 1.82) is 0 Å². The van der Waals surface area contributed by atoms with Crippen LogP contribution in [0.15, 0.2) is 84.1 Å². The lowest BCUT2D eigenvalue weighted by Gasteiger charge is -2.13. The van der Waals surface area contributed by atoms with Crippen molar-refractivity contribution in [2.24, 2.45) is 5.10 Å². The van der Waals surface area contributed by atoms with E-state index in [0.29, 0.717) is 41.0 Å². The Labute approximate surface area is 231 Å².